The van der Waals surface area contributed by atoms with Crippen molar-refractivity contribution in [3.05, 3.63) is 36.0 Å². The zero-order valence-electron chi connectivity index (χ0n) is 6.79. The fourth-order valence-corrected chi connectivity index (χ4v) is 0.975. The zero-order valence-corrected chi connectivity index (χ0v) is 6.79. The van der Waals surface area contributed by atoms with Gasteiger partial charge in [0.25, 0.3) is 0 Å². The van der Waals surface area contributed by atoms with E-state index >= 15 is 0 Å². The molecule has 0 aromatic rings. The summed E-state index contributed by atoms with van der Waals surface area (Å²) in [4.78, 5) is 10.6. The SMILES string of the molecule is O=C(O)C1C=CC=CC(/C=N/O)=C1. The smallest absolute Gasteiger partial charge is 0.314 e. The number of carboxylic acids is 1. The van der Waals surface area contributed by atoms with Gasteiger partial charge in [0.15, 0.2) is 0 Å². The number of carbonyl (C=O) groups is 1. The van der Waals surface area contributed by atoms with Gasteiger partial charge in [-0.1, -0.05) is 35.5 Å². The standard InChI is InChI=1S/C9H9NO3/c11-9(12)8-4-2-1-3-7(5-8)6-10-13/h1-6,8,13H,(H,11,12)/b10-6+. The molecule has 1 aliphatic rings. The molecule has 0 aliphatic heterocycles. The normalized spacial score (nSPS) is 21.5. The molecule has 4 heteroatoms. The molecule has 0 radical (unpaired) electrons. The average Bonchev–Trinajstić information content (AvgIpc) is 2.30. The monoisotopic (exact) mass is 179 g/mol. The van der Waals surface area contributed by atoms with Gasteiger partial charge in [-0.3, -0.25) is 4.79 Å². The number of allylic oxidation sites excluding steroid dienone is 4. The fraction of sp³-hybridized carbons (Fsp3) is 0.111. The predicted molar refractivity (Wildman–Crippen MR) is 47.8 cm³/mol. The second-order valence-corrected chi connectivity index (χ2v) is 2.52. The van der Waals surface area contributed by atoms with Crippen molar-refractivity contribution >= 4 is 12.2 Å². The molecule has 0 saturated heterocycles. The van der Waals surface area contributed by atoms with E-state index in [0.717, 1.165) is 0 Å². The summed E-state index contributed by atoms with van der Waals surface area (Å²) in [5.74, 6) is -1.59. The van der Waals surface area contributed by atoms with Crippen molar-refractivity contribution in [2.45, 2.75) is 0 Å². The van der Waals surface area contributed by atoms with Gasteiger partial charge in [-0.2, -0.15) is 0 Å². The van der Waals surface area contributed by atoms with Crippen LogP contribution in [0.15, 0.2) is 41.1 Å². The highest BCUT2D eigenvalue weighted by atomic mass is 16.4. The van der Waals surface area contributed by atoms with E-state index in [9.17, 15) is 4.79 Å². The summed E-state index contributed by atoms with van der Waals surface area (Å²) < 4.78 is 0. The number of oxime groups is 1. The first kappa shape index (κ1) is 9.25. The third-order valence-electron chi connectivity index (χ3n) is 1.58. The third-order valence-corrected chi connectivity index (χ3v) is 1.58. The summed E-state index contributed by atoms with van der Waals surface area (Å²) in [7, 11) is 0. The summed E-state index contributed by atoms with van der Waals surface area (Å²) in [5.41, 5.74) is 0.569. The molecule has 1 unspecified atom stereocenters. The molecule has 1 atom stereocenters. The summed E-state index contributed by atoms with van der Waals surface area (Å²) in [5, 5.41) is 19.8. The second kappa shape index (κ2) is 4.25. The van der Waals surface area contributed by atoms with E-state index < -0.39 is 11.9 Å². The molecule has 0 spiro atoms. The maximum absolute atomic E-state index is 10.6. The highest BCUT2D eigenvalue weighted by molar-refractivity contribution is 5.85. The minimum atomic E-state index is -0.927. The van der Waals surface area contributed by atoms with Gasteiger partial charge in [-0.05, 0) is 5.57 Å². The lowest BCUT2D eigenvalue weighted by Gasteiger charge is -1.99. The minimum Gasteiger partial charge on any atom is -0.481 e. The molecular formula is C9H9NO3. The van der Waals surface area contributed by atoms with Crippen LogP contribution in [0.25, 0.3) is 0 Å². The number of hydrogen-bond donors (Lipinski definition) is 2. The van der Waals surface area contributed by atoms with Crippen molar-refractivity contribution in [2.75, 3.05) is 0 Å². The Morgan fingerprint density at radius 2 is 2.31 bits per heavy atom. The van der Waals surface area contributed by atoms with E-state index in [2.05, 4.69) is 5.16 Å². The van der Waals surface area contributed by atoms with Gasteiger partial charge >= 0.3 is 5.97 Å². The molecule has 0 heterocycles. The van der Waals surface area contributed by atoms with E-state index in [1.165, 1.54) is 12.3 Å². The van der Waals surface area contributed by atoms with Crippen LogP contribution in [0.1, 0.15) is 0 Å². The van der Waals surface area contributed by atoms with Crippen LogP contribution < -0.4 is 0 Å². The Morgan fingerprint density at radius 1 is 1.54 bits per heavy atom. The van der Waals surface area contributed by atoms with Crippen molar-refractivity contribution in [1.82, 2.24) is 0 Å². The van der Waals surface area contributed by atoms with E-state index in [-0.39, 0.29) is 0 Å². The Bertz CT molecular complexity index is 313. The van der Waals surface area contributed by atoms with Crippen molar-refractivity contribution in [2.24, 2.45) is 11.1 Å². The summed E-state index contributed by atoms with van der Waals surface area (Å²) in [6.07, 6.45) is 9.25. The number of nitrogens with zero attached hydrogens (tertiary/aromatic N) is 1. The second-order valence-electron chi connectivity index (χ2n) is 2.52. The molecule has 2 N–H and O–H groups in total. The molecule has 0 bridgehead atoms. The van der Waals surface area contributed by atoms with Crippen molar-refractivity contribution in [3.8, 4) is 0 Å². The van der Waals surface area contributed by atoms with Crippen molar-refractivity contribution in [3.63, 3.8) is 0 Å². The molecule has 13 heavy (non-hydrogen) atoms. The van der Waals surface area contributed by atoms with E-state index in [4.69, 9.17) is 10.3 Å². The minimum absolute atomic E-state index is 0.569. The van der Waals surface area contributed by atoms with Gasteiger partial charge in [-0.25, -0.2) is 0 Å². The van der Waals surface area contributed by atoms with Crippen LogP contribution in [0.5, 0.6) is 0 Å². The molecule has 68 valence electrons. The highest BCUT2D eigenvalue weighted by Gasteiger charge is 2.11. The Kier molecular flexibility index (Phi) is 3.03. The van der Waals surface area contributed by atoms with Crippen LogP contribution in [-0.2, 0) is 4.79 Å². The molecule has 0 aromatic heterocycles. The predicted octanol–water partition coefficient (Wildman–Crippen LogP) is 1.20. The molecule has 0 saturated carbocycles. The molecule has 0 aromatic carbocycles. The molecular weight excluding hydrogens is 170 g/mol. The van der Waals surface area contributed by atoms with Gasteiger partial charge in [0, 0.05) is 0 Å². The average molecular weight is 179 g/mol. The maximum Gasteiger partial charge on any atom is 0.314 e. The Morgan fingerprint density at radius 3 is 2.92 bits per heavy atom. The Balaban J connectivity index is 2.90. The zero-order chi connectivity index (χ0) is 9.68. The molecule has 0 fully saturated rings. The quantitative estimate of drug-likeness (QED) is 0.380. The number of aliphatic carboxylic acids is 1. The van der Waals surface area contributed by atoms with Gasteiger partial charge in [0.2, 0.25) is 0 Å². The third kappa shape index (κ3) is 2.59. The van der Waals surface area contributed by atoms with Gasteiger partial charge < -0.3 is 10.3 Å². The van der Waals surface area contributed by atoms with Gasteiger partial charge in [0.05, 0.1) is 12.1 Å². The first-order chi connectivity index (χ1) is 6.24. The molecule has 4 nitrogen and oxygen atoms in total. The van der Waals surface area contributed by atoms with E-state index in [0.29, 0.717) is 5.57 Å². The summed E-state index contributed by atoms with van der Waals surface area (Å²) >= 11 is 0. The van der Waals surface area contributed by atoms with Crippen LogP contribution in [0.4, 0.5) is 0 Å². The summed E-state index contributed by atoms with van der Waals surface area (Å²) in [6, 6.07) is 0. The largest absolute Gasteiger partial charge is 0.481 e. The lowest BCUT2D eigenvalue weighted by molar-refractivity contribution is -0.138. The van der Waals surface area contributed by atoms with Crippen LogP contribution in [0, 0.1) is 5.92 Å². The number of rotatable bonds is 2. The lowest BCUT2D eigenvalue weighted by Crippen LogP contribution is -2.08. The van der Waals surface area contributed by atoms with E-state index in [1.54, 1.807) is 24.3 Å². The topological polar surface area (TPSA) is 69.9 Å². The first-order valence-corrected chi connectivity index (χ1v) is 3.71. The van der Waals surface area contributed by atoms with Gasteiger partial charge in [0.1, 0.15) is 0 Å². The maximum atomic E-state index is 10.6. The fourth-order valence-electron chi connectivity index (χ4n) is 0.975. The Labute approximate surface area is 75.2 Å². The summed E-state index contributed by atoms with van der Waals surface area (Å²) in [6.45, 7) is 0. The molecule has 1 aliphatic carbocycles. The lowest BCUT2D eigenvalue weighted by atomic mass is 10.1. The molecule has 1 rings (SSSR count). The molecule has 0 amide bonds. The van der Waals surface area contributed by atoms with Gasteiger partial charge in [-0.15, -0.1) is 0 Å². The highest BCUT2D eigenvalue weighted by Crippen LogP contribution is 2.10. The van der Waals surface area contributed by atoms with Crippen molar-refractivity contribution < 1.29 is 15.1 Å². The van der Waals surface area contributed by atoms with Crippen LogP contribution in [-0.4, -0.2) is 22.5 Å². The van der Waals surface area contributed by atoms with Crippen molar-refractivity contribution in [1.29, 1.82) is 0 Å². The van der Waals surface area contributed by atoms with Crippen LogP contribution in [0.2, 0.25) is 0 Å². The first-order valence-electron chi connectivity index (χ1n) is 3.71. The number of hydrogen-bond acceptors (Lipinski definition) is 3. The van der Waals surface area contributed by atoms with E-state index in [1.807, 2.05) is 0 Å². The number of carboxylic acid groups (broad SMARTS) is 1. The van der Waals surface area contributed by atoms with Crippen LogP contribution in [0.3, 0.4) is 0 Å². The van der Waals surface area contributed by atoms with Crippen LogP contribution >= 0.6 is 0 Å². The Hall–Kier alpha value is -1.84.